The van der Waals surface area contributed by atoms with Crippen molar-refractivity contribution in [3.05, 3.63) is 66.4 Å². The Morgan fingerprint density at radius 3 is 2.45 bits per heavy atom. The highest BCUT2D eigenvalue weighted by molar-refractivity contribution is 5.81. The molecule has 4 aromatic rings. The van der Waals surface area contributed by atoms with Gasteiger partial charge in [-0.05, 0) is 17.7 Å². The summed E-state index contributed by atoms with van der Waals surface area (Å²) >= 11 is 0. The summed E-state index contributed by atoms with van der Waals surface area (Å²) < 4.78 is 53.0. The molecule has 5 rings (SSSR count). The first-order valence-corrected chi connectivity index (χ1v) is 12.3. The molecule has 1 saturated heterocycles. The fourth-order valence-corrected chi connectivity index (χ4v) is 4.44. The largest absolute Gasteiger partial charge is 0.573 e. The van der Waals surface area contributed by atoms with Crippen molar-refractivity contribution in [2.45, 2.75) is 12.9 Å². The SMILES string of the molecule is COc1cc(OCCN2CCN(Cc3ccccc3)CC2)cnc1-c1nc2cc(OC(F)(F)F)ccc2[nH]1. The van der Waals surface area contributed by atoms with Crippen LogP contribution >= 0.6 is 0 Å². The molecule has 8 nitrogen and oxygen atoms in total. The van der Waals surface area contributed by atoms with Crippen molar-refractivity contribution >= 4 is 11.0 Å². The number of hydrogen-bond acceptors (Lipinski definition) is 7. The highest BCUT2D eigenvalue weighted by Crippen LogP contribution is 2.32. The first-order valence-electron chi connectivity index (χ1n) is 12.3. The van der Waals surface area contributed by atoms with Crippen molar-refractivity contribution in [2.75, 3.05) is 46.4 Å². The van der Waals surface area contributed by atoms with Crippen molar-refractivity contribution in [3.8, 4) is 28.8 Å². The Bertz CT molecular complexity index is 1360. The van der Waals surface area contributed by atoms with E-state index < -0.39 is 6.36 Å². The number of rotatable bonds is 9. The van der Waals surface area contributed by atoms with Crippen molar-refractivity contribution in [3.63, 3.8) is 0 Å². The van der Waals surface area contributed by atoms with Gasteiger partial charge in [0.1, 0.15) is 23.8 Å². The standard InChI is InChI=1S/C27H28F3N5O3/c1-36-24-16-21(37-14-13-34-9-11-35(12-10-34)18-19-5-3-2-4-6-19)17-31-25(24)26-32-22-8-7-20(15-23(22)33-26)38-27(28,29)30/h2-8,15-17H,9-14,18H2,1H3,(H,32,33). The molecule has 2 aromatic carbocycles. The molecule has 0 unspecified atom stereocenters. The molecule has 1 fully saturated rings. The first-order chi connectivity index (χ1) is 18.4. The number of nitrogens with zero attached hydrogens (tertiary/aromatic N) is 4. The van der Waals surface area contributed by atoms with Gasteiger partial charge in [0.2, 0.25) is 0 Å². The molecular formula is C27H28F3N5O3. The number of benzene rings is 2. The minimum Gasteiger partial charge on any atom is -0.494 e. The van der Waals surface area contributed by atoms with E-state index in [4.69, 9.17) is 9.47 Å². The van der Waals surface area contributed by atoms with Gasteiger partial charge >= 0.3 is 6.36 Å². The topological polar surface area (TPSA) is 75.7 Å². The summed E-state index contributed by atoms with van der Waals surface area (Å²) in [6.07, 6.45) is -3.19. The number of pyridine rings is 1. The van der Waals surface area contributed by atoms with E-state index in [9.17, 15) is 13.2 Å². The number of methoxy groups -OCH3 is 1. The summed E-state index contributed by atoms with van der Waals surface area (Å²) in [5.41, 5.74) is 2.61. The highest BCUT2D eigenvalue weighted by Gasteiger charge is 2.31. The molecule has 200 valence electrons. The average molecular weight is 528 g/mol. The number of fused-ring (bicyclic) bond motifs is 1. The molecule has 38 heavy (non-hydrogen) atoms. The van der Waals surface area contributed by atoms with Gasteiger partial charge in [-0.2, -0.15) is 0 Å². The monoisotopic (exact) mass is 527 g/mol. The number of piperazine rings is 1. The normalized spacial score (nSPS) is 15.1. The number of H-pyrrole nitrogens is 1. The number of imidazole rings is 1. The molecule has 0 bridgehead atoms. The number of alkyl halides is 3. The molecule has 0 aliphatic carbocycles. The smallest absolute Gasteiger partial charge is 0.494 e. The minimum atomic E-state index is -4.77. The van der Waals surface area contributed by atoms with Gasteiger partial charge in [0.25, 0.3) is 0 Å². The molecular weight excluding hydrogens is 499 g/mol. The number of halogens is 3. The Hall–Kier alpha value is -3.83. The Labute approximate surface area is 218 Å². The third-order valence-corrected chi connectivity index (χ3v) is 6.35. The average Bonchev–Trinajstić information content (AvgIpc) is 3.32. The van der Waals surface area contributed by atoms with Crippen LogP contribution in [0.15, 0.2) is 60.8 Å². The summed E-state index contributed by atoms with van der Waals surface area (Å²) in [6, 6.07) is 16.1. The lowest BCUT2D eigenvalue weighted by molar-refractivity contribution is -0.274. The predicted octanol–water partition coefficient (Wildman–Crippen LogP) is 4.73. The Morgan fingerprint density at radius 1 is 0.947 bits per heavy atom. The lowest BCUT2D eigenvalue weighted by Crippen LogP contribution is -2.47. The summed E-state index contributed by atoms with van der Waals surface area (Å²) in [6.45, 7) is 6.28. The predicted molar refractivity (Wildman–Crippen MR) is 136 cm³/mol. The van der Waals surface area contributed by atoms with Crippen LogP contribution in [0.1, 0.15) is 5.56 Å². The molecule has 1 aliphatic heterocycles. The van der Waals surface area contributed by atoms with Crippen LogP contribution in [0.4, 0.5) is 13.2 Å². The highest BCUT2D eigenvalue weighted by atomic mass is 19.4. The molecule has 0 atom stereocenters. The number of aromatic amines is 1. The Kier molecular flexibility index (Phi) is 7.66. The lowest BCUT2D eigenvalue weighted by Gasteiger charge is -2.34. The third-order valence-electron chi connectivity index (χ3n) is 6.35. The second kappa shape index (κ2) is 11.3. The molecule has 0 radical (unpaired) electrons. The van der Waals surface area contributed by atoms with Crippen LogP contribution in [-0.2, 0) is 6.54 Å². The molecule has 0 amide bonds. The summed E-state index contributed by atoms with van der Waals surface area (Å²) in [4.78, 5) is 16.7. The maximum Gasteiger partial charge on any atom is 0.573 e. The molecule has 3 heterocycles. The van der Waals surface area contributed by atoms with Gasteiger partial charge in [-0.3, -0.25) is 9.80 Å². The van der Waals surface area contributed by atoms with Gasteiger partial charge in [0.15, 0.2) is 11.6 Å². The van der Waals surface area contributed by atoms with Crippen LogP contribution in [0, 0.1) is 0 Å². The summed E-state index contributed by atoms with van der Waals surface area (Å²) in [5.74, 6) is 1.01. The van der Waals surface area contributed by atoms with E-state index in [1.165, 1.54) is 30.9 Å². The van der Waals surface area contributed by atoms with Crippen LogP contribution in [0.25, 0.3) is 22.6 Å². The van der Waals surface area contributed by atoms with Crippen molar-refractivity contribution in [2.24, 2.45) is 0 Å². The van der Waals surface area contributed by atoms with E-state index >= 15 is 0 Å². The number of aromatic nitrogens is 3. The quantitative estimate of drug-likeness (QED) is 0.337. The van der Waals surface area contributed by atoms with Crippen LogP contribution in [0.3, 0.4) is 0 Å². The van der Waals surface area contributed by atoms with E-state index in [-0.39, 0.29) is 5.75 Å². The molecule has 0 spiro atoms. The van der Waals surface area contributed by atoms with Crippen molar-refractivity contribution in [1.82, 2.24) is 24.8 Å². The van der Waals surface area contributed by atoms with Gasteiger partial charge in [0.05, 0.1) is 24.3 Å². The van der Waals surface area contributed by atoms with Gasteiger partial charge in [0, 0.05) is 51.4 Å². The van der Waals surface area contributed by atoms with Crippen LogP contribution < -0.4 is 14.2 Å². The van der Waals surface area contributed by atoms with E-state index in [1.807, 2.05) is 6.07 Å². The van der Waals surface area contributed by atoms with E-state index in [1.54, 1.807) is 12.3 Å². The van der Waals surface area contributed by atoms with E-state index in [0.717, 1.165) is 39.3 Å². The molecule has 2 aromatic heterocycles. The Morgan fingerprint density at radius 2 is 1.71 bits per heavy atom. The maximum atomic E-state index is 12.5. The van der Waals surface area contributed by atoms with Crippen molar-refractivity contribution < 1.29 is 27.4 Å². The van der Waals surface area contributed by atoms with Crippen LogP contribution in [0.2, 0.25) is 0 Å². The third kappa shape index (κ3) is 6.53. The molecule has 1 aliphatic rings. The van der Waals surface area contributed by atoms with Crippen LogP contribution in [0.5, 0.6) is 17.2 Å². The fourth-order valence-electron chi connectivity index (χ4n) is 4.44. The summed E-state index contributed by atoms with van der Waals surface area (Å²) in [5, 5.41) is 0. The van der Waals surface area contributed by atoms with Gasteiger partial charge in [-0.15, -0.1) is 13.2 Å². The van der Waals surface area contributed by atoms with Crippen LogP contribution in [-0.4, -0.2) is 77.6 Å². The maximum absolute atomic E-state index is 12.5. The van der Waals surface area contributed by atoms with Gasteiger partial charge < -0.3 is 19.2 Å². The number of hydrogen-bond donors (Lipinski definition) is 1. The fraction of sp³-hybridized carbons (Fsp3) is 0.333. The Balaban J connectivity index is 1.16. The molecule has 0 saturated carbocycles. The second-order valence-electron chi connectivity index (χ2n) is 8.99. The van der Waals surface area contributed by atoms with Crippen molar-refractivity contribution in [1.29, 1.82) is 0 Å². The summed E-state index contributed by atoms with van der Waals surface area (Å²) in [7, 11) is 1.51. The first kappa shape index (κ1) is 25.8. The van der Waals surface area contributed by atoms with Gasteiger partial charge in [-0.25, -0.2) is 9.97 Å². The molecule has 11 heteroatoms. The number of ether oxygens (including phenoxy) is 3. The zero-order chi connectivity index (χ0) is 26.5. The molecule has 1 N–H and O–H groups in total. The zero-order valence-electron chi connectivity index (χ0n) is 20.9. The number of nitrogens with one attached hydrogen (secondary N) is 1. The van der Waals surface area contributed by atoms with Gasteiger partial charge in [-0.1, -0.05) is 30.3 Å². The van der Waals surface area contributed by atoms with E-state index in [2.05, 4.69) is 53.8 Å². The zero-order valence-corrected chi connectivity index (χ0v) is 20.9. The lowest BCUT2D eigenvalue weighted by atomic mass is 10.2. The second-order valence-corrected chi connectivity index (χ2v) is 8.99. The minimum absolute atomic E-state index is 0.315. The van der Waals surface area contributed by atoms with E-state index in [0.29, 0.717) is 40.7 Å².